The highest BCUT2D eigenvalue weighted by Gasteiger charge is 2.26. The Bertz CT molecular complexity index is 627. The second-order valence-electron chi connectivity index (χ2n) is 4.90. The van der Waals surface area contributed by atoms with Crippen molar-refractivity contribution < 1.29 is 13.5 Å². The molecule has 0 fully saturated rings. The van der Waals surface area contributed by atoms with Crippen LogP contribution in [-0.4, -0.2) is 16.9 Å². The molecule has 0 saturated heterocycles. The van der Waals surface area contributed by atoms with Crippen LogP contribution < -0.4 is 16.0 Å². The summed E-state index contributed by atoms with van der Waals surface area (Å²) in [4.78, 5) is 0. The Kier molecular flexibility index (Phi) is 4.54. The molecule has 0 aliphatic heterocycles. The standard InChI is InChI=1S/C14H18F2N4O/c1-8(2)20-14(12(21-3)7-18-20)13(19-17)10-5-4-9(15)6-11(10)16/h4-8,13,19H,17H2,1-3H3. The van der Waals surface area contributed by atoms with E-state index in [1.165, 1.54) is 19.2 Å². The number of hydrazine groups is 1. The molecule has 0 spiro atoms. The first-order valence-corrected chi connectivity index (χ1v) is 6.52. The van der Waals surface area contributed by atoms with Crippen molar-refractivity contribution in [3.8, 4) is 5.75 Å². The number of nitrogens with zero attached hydrogens (tertiary/aromatic N) is 2. The van der Waals surface area contributed by atoms with Crippen molar-refractivity contribution in [2.75, 3.05) is 7.11 Å². The summed E-state index contributed by atoms with van der Waals surface area (Å²) in [5.74, 6) is 4.74. The van der Waals surface area contributed by atoms with Gasteiger partial charge in [0, 0.05) is 17.7 Å². The summed E-state index contributed by atoms with van der Waals surface area (Å²) < 4.78 is 34.1. The van der Waals surface area contributed by atoms with Gasteiger partial charge in [-0.15, -0.1) is 0 Å². The van der Waals surface area contributed by atoms with Crippen molar-refractivity contribution in [1.82, 2.24) is 15.2 Å². The first-order valence-electron chi connectivity index (χ1n) is 6.52. The normalized spacial score (nSPS) is 12.7. The molecule has 1 heterocycles. The van der Waals surface area contributed by atoms with Gasteiger partial charge in [0.15, 0.2) is 5.75 Å². The van der Waals surface area contributed by atoms with Gasteiger partial charge in [0.05, 0.1) is 19.3 Å². The molecule has 1 aromatic carbocycles. The van der Waals surface area contributed by atoms with Gasteiger partial charge in [0.2, 0.25) is 0 Å². The number of aromatic nitrogens is 2. The molecule has 7 heteroatoms. The smallest absolute Gasteiger partial charge is 0.161 e. The van der Waals surface area contributed by atoms with Crippen molar-refractivity contribution in [2.24, 2.45) is 5.84 Å². The molecule has 1 atom stereocenters. The average molecular weight is 296 g/mol. The molecule has 2 aromatic rings. The number of hydrogen-bond donors (Lipinski definition) is 2. The first kappa shape index (κ1) is 15.4. The number of benzene rings is 1. The third-order valence-corrected chi connectivity index (χ3v) is 3.22. The SMILES string of the molecule is COc1cnn(C(C)C)c1C(NN)c1ccc(F)cc1F. The zero-order valence-electron chi connectivity index (χ0n) is 12.1. The molecule has 0 aliphatic rings. The molecule has 0 saturated carbocycles. The lowest BCUT2D eigenvalue weighted by Gasteiger charge is -2.21. The van der Waals surface area contributed by atoms with Crippen molar-refractivity contribution in [3.05, 3.63) is 47.3 Å². The summed E-state index contributed by atoms with van der Waals surface area (Å²) in [5, 5.41) is 4.23. The lowest BCUT2D eigenvalue weighted by molar-refractivity contribution is 0.392. The molecule has 21 heavy (non-hydrogen) atoms. The summed E-state index contributed by atoms with van der Waals surface area (Å²) in [6.07, 6.45) is 1.54. The predicted molar refractivity (Wildman–Crippen MR) is 74.7 cm³/mol. The topological polar surface area (TPSA) is 65.1 Å². The van der Waals surface area contributed by atoms with Crippen LogP contribution in [0.2, 0.25) is 0 Å². The molecule has 0 radical (unpaired) electrons. The van der Waals surface area contributed by atoms with Gasteiger partial charge in [-0.1, -0.05) is 6.07 Å². The van der Waals surface area contributed by atoms with Crippen LogP contribution in [0.1, 0.15) is 37.2 Å². The maximum atomic E-state index is 14.0. The second-order valence-corrected chi connectivity index (χ2v) is 4.90. The molecule has 1 unspecified atom stereocenters. The van der Waals surface area contributed by atoms with E-state index in [2.05, 4.69) is 10.5 Å². The molecular weight excluding hydrogens is 278 g/mol. The molecule has 0 aliphatic carbocycles. The molecule has 3 N–H and O–H groups in total. The van der Waals surface area contributed by atoms with Crippen molar-refractivity contribution in [1.29, 1.82) is 0 Å². The second kappa shape index (κ2) is 6.19. The summed E-state index contributed by atoms with van der Waals surface area (Å²) in [6.45, 7) is 3.87. The Morgan fingerprint density at radius 3 is 2.57 bits per heavy atom. The van der Waals surface area contributed by atoms with E-state index in [9.17, 15) is 8.78 Å². The number of rotatable bonds is 5. The average Bonchev–Trinajstić information content (AvgIpc) is 2.86. The van der Waals surface area contributed by atoms with E-state index >= 15 is 0 Å². The van der Waals surface area contributed by atoms with E-state index < -0.39 is 17.7 Å². The summed E-state index contributed by atoms with van der Waals surface area (Å²) in [7, 11) is 1.50. The fourth-order valence-corrected chi connectivity index (χ4v) is 2.25. The third kappa shape index (κ3) is 2.88. The Balaban J connectivity index is 2.58. The van der Waals surface area contributed by atoms with Gasteiger partial charge in [-0.05, 0) is 19.9 Å². The van der Waals surface area contributed by atoms with Crippen LogP contribution >= 0.6 is 0 Å². The fraction of sp³-hybridized carbons (Fsp3) is 0.357. The number of nitrogens with one attached hydrogen (secondary N) is 1. The highest BCUT2D eigenvalue weighted by Crippen LogP contribution is 2.32. The van der Waals surface area contributed by atoms with E-state index in [4.69, 9.17) is 10.6 Å². The van der Waals surface area contributed by atoms with Gasteiger partial charge < -0.3 is 4.74 Å². The van der Waals surface area contributed by atoms with E-state index in [0.29, 0.717) is 11.4 Å². The van der Waals surface area contributed by atoms with E-state index in [0.717, 1.165) is 6.07 Å². The van der Waals surface area contributed by atoms with Gasteiger partial charge in [0.25, 0.3) is 0 Å². The number of nitrogens with two attached hydrogens (primary N) is 1. The van der Waals surface area contributed by atoms with Crippen LogP contribution in [0.5, 0.6) is 5.75 Å². The van der Waals surface area contributed by atoms with Crippen LogP contribution in [0.3, 0.4) is 0 Å². The minimum Gasteiger partial charge on any atom is -0.493 e. The Hall–Kier alpha value is -1.99. The summed E-state index contributed by atoms with van der Waals surface area (Å²) in [5.41, 5.74) is 3.35. The Morgan fingerprint density at radius 2 is 2.05 bits per heavy atom. The van der Waals surface area contributed by atoms with Crippen LogP contribution in [0.15, 0.2) is 24.4 Å². The molecule has 1 aromatic heterocycles. The maximum absolute atomic E-state index is 14.0. The van der Waals surface area contributed by atoms with Crippen LogP contribution in [0, 0.1) is 11.6 Å². The quantitative estimate of drug-likeness (QED) is 0.656. The molecule has 0 amide bonds. The molecule has 0 bridgehead atoms. The van der Waals surface area contributed by atoms with Crippen molar-refractivity contribution in [3.63, 3.8) is 0 Å². The predicted octanol–water partition coefficient (Wildman–Crippen LogP) is 2.30. The van der Waals surface area contributed by atoms with Crippen LogP contribution in [0.4, 0.5) is 8.78 Å². The third-order valence-electron chi connectivity index (χ3n) is 3.22. The maximum Gasteiger partial charge on any atom is 0.161 e. The largest absolute Gasteiger partial charge is 0.493 e. The van der Waals surface area contributed by atoms with Crippen molar-refractivity contribution >= 4 is 0 Å². The molecule has 5 nitrogen and oxygen atoms in total. The Morgan fingerprint density at radius 1 is 1.33 bits per heavy atom. The highest BCUT2D eigenvalue weighted by molar-refractivity contribution is 5.37. The van der Waals surface area contributed by atoms with Gasteiger partial charge in [0.1, 0.15) is 17.3 Å². The summed E-state index contributed by atoms with van der Waals surface area (Å²) >= 11 is 0. The number of methoxy groups -OCH3 is 1. The van der Waals surface area contributed by atoms with Crippen LogP contribution in [0.25, 0.3) is 0 Å². The van der Waals surface area contributed by atoms with Gasteiger partial charge in [-0.25, -0.2) is 14.2 Å². The minimum atomic E-state index is -0.703. The van der Waals surface area contributed by atoms with E-state index in [1.54, 1.807) is 10.9 Å². The highest BCUT2D eigenvalue weighted by atomic mass is 19.1. The number of ether oxygens (including phenoxy) is 1. The molecule has 114 valence electrons. The number of halogens is 2. The van der Waals surface area contributed by atoms with Gasteiger partial charge in [-0.2, -0.15) is 5.10 Å². The molecule has 2 rings (SSSR count). The zero-order valence-corrected chi connectivity index (χ0v) is 12.1. The van der Waals surface area contributed by atoms with E-state index in [1.807, 2.05) is 13.8 Å². The van der Waals surface area contributed by atoms with E-state index in [-0.39, 0.29) is 11.6 Å². The first-order chi connectivity index (χ1) is 9.99. The minimum absolute atomic E-state index is 0.0308. The lowest BCUT2D eigenvalue weighted by atomic mass is 10.0. The van der Waals surface area contributed by atoms with Gasteiger partial charge >= 0.3 is 0 Å². The molecular formula is C14H18F2N4O. The fourth-order valence-electron chi connectivity index (χ4n) is 2.25. The summed E-state index contributed by atoms with van der Waals surface area (Å²) in [6, 6.07) is 2.69. The lowest BCUT2D eigenvalue weighted by Crippen LogP contribution is -2.32. The van der Waals surface area contributed by atoms with Gasteiger partial charge in [-0.3, -0.25) is 10.5 Å². The Labute approximate surface area is 121 Å². The number of hydrogen-bond acceptors (Lipinski definition) is 4. The monoisotopic (exact) mass is 296 g/mol. The van der Waals surface area contributed by atoms with Crippen LogP contribution in [-0.2, 0) is 0 Å². The van der Waals surface area contributed by atoms with Crippen molar-refractivity contribution in [2.45, 2.75) is 25.9 Å². The zero-order chi connectivity index (χ0) is 15.6.